The van der Waals surface area contributed by atoms with Gasteiger partial charge in [0.15, 0.2) is 0 Å². The van der Waals surface area contributed by atoms with Crippen molar-refractivity contribution in [3.8, 4) is 11.8 Å². The number of nitriles is 1. The van der Waals surface area contributed by atoms with Gasteiger partial charge in [0.25, 0.3) is 0 Å². The van der Waals surface area contributed by atoms with Gasteiger partial charge in [-0.25, -0.2) is 9.59 Å². The van der Waals surface area contributed by atoms with Crippen molar-refractivity contribution in [2.75, 3.05) is 33.4 Å². The number of hydrogen-bond donors (Lipinski definition) is 3. The van der Waals surface area contributed by atoms with Crippen LogP contribution in [0.15, 0.2) is 72.8 Å². The molecule has 5 rings (SSSR count). The molecule has 12 heteroatoms. The summed E-state index contributed by atoms with van der Waals surface area (Å²) >= 11 is 0. The van der Waals surface area contributed by atoms with E-state index in [1.165, 1.54) is 7.05 Å². The minimum absolute atomic E-state index is 0.00401. The van der Waals surface area contributed by atoms with E-state index in [-0.39, 0.29) is 55.9 Å². The van der Waals surface area contributed by atoms with Crippen LogP contribution < -0.4 is 10.1 Å². The van der Waals surface area contributed by atoms with E-state index in [9.17, 15) is 34.7 Å². The zero-order valence-electron chi connectivity index (χ0n) is 28.8. The first kappa shape index (κ1) is 36.9. The number of nitrogens with one attached hydrogen (secondary N) is 1. The summed E-state index contributed by atoms with van der Waals surface area (Å²) in [5, 5.41) is 33.3. The van der Waals surface area contributed by atoms with E-state index in [1.54, 1.807) is 42.2 Å². The average molecular weight is 694 g/mol. The molecule has 0 radical (unpaired) electrons. The summed E-state index contributed by atoms with van der Waals surface area (Å²) in [6.45, 7) is 3.05. The van der Waals surface area contributed by atoms with Crippen LogP contribution in [0, 0.1) is 11.3 Å². The number of carbonyl (C=O) groups is 4. The van der Waals surface area contributed by atoms with E-state index in [0.29, 0.717) is 53.8 Å². The number of aliphatic hydroxyl groups is 1. The first-order valence-electron chi connectivity index (χ1n) is 17.1. The number of urea groups is 1. The van der Waals surface area contributed by atoms with E-state index in [2.05, 4.69) is 16.3 Å². The topological polar surface area (TPSA) is 164 Å². The monoisotopic (exact) mass is 693 g/mol. The number of likely N-dealkylation sites (tertiary alicyclic amines) is 1. The maximum atomic E-state index is 13.3. The summed E-state index contributed by atoms with van der Waals surface area (Å²) in [6.07, 6.45) is 3.66. The lowest BCUT2D eigenvalue weighted by Gasteiger charge is -2.46. The zero-order chi connectivity index (χ0) is 36.5. The molecule has 51 heavy (non-hydrogen) atoms. The van der Waals surface area contributed by atoms with Crippen molar-refractivity contribution in [3.63, 3.8) is 0 Å². The Kier molecular flexibility index (Phi) is 12.3. The van der Waals surface area contributed by atoms with Gasteiger partial charge in [-0.05, 0) is 66.1 Å². The van der Waals surface area contributed by atoms with Gasteiger partial charge in [-0.2, -0.15) is 5.26 Å². The molecule has 0 spiro atoms. The maximum absolute atomic E-state index is 13.3. The van der Waals surface area contributed by atoms with Crippen molar-refractivity contribution in [3.05, 3.63) is 106 Å². The number of carboxylic acids is 1. The van der Waals surface area contributed by atoms with Gasteiger partial charge in [0, 0.05) is 26.2 Å². The van der Waals surface area contributed by atoms with Crippen molar-refractivity contribution in [1.29, 1.82) is 5.26 Å². The van der Waals surface area contributed by atoms with Crippen LogP contribution in [0.2, 0.25) is 0 Å². The number of allylic oxidation sites excluding steroid dienone is 1. The number of aromatic carboxylic acids is 1. The van der Waals surface area contributed by atoms with Crippen LogP contribution in [0.4, 0.5) is 4.79 Å². The molecule has 266 valence electrons. The Bertz CT molecular complexity index is 1810. The van der Waals surface area contributed by atoms with Crippen LogP contribution >= 0.6 is 0 Å². The predicted molar refractivity (Wildman–Crippen MR) is 190 cm³/mol. The molecule has 2 saturated heterocycles. The number of aliphatic hydroxyl groups excluding tert-OH is 1. The van der Waals surface area contributed by atoms with Gasteiger partial charge in [-0.1, -0.05) is 60.7 Å². The van der Waals surface area contributed by atoms with Crippen molar-refractivity contribution < 1.29 is 34.1 Å². The standard InChI is InChI=1S/C39H43N5O7/c1-3-51-34-20-31(19-27(37(34)38(48)49)13-14-30(24-45)26-9-5-4-6-10-26)33(25-46)41-32-15-17-43(18-16-32)35-21-36(47)42(2)39(50)44(35)23-29-12-8-7-11-28(29)22-40/h4-12,14,19-20,25,32-33,35,41,45H,3,13,15-18,21,23-24H2,1-2H3,(H,48,49)/b30-14+. The minimum atomic E-state index is -1.15. The molecule has 3 amide bonds. The molecule has 2 heterocycles. The Morgan fingerprint density at radius 3 is 2.43 bits per heavy atom. The highest BCUT2D eigenvalue weighted by molar-refractivity contribution is 5.97. The maximum Gasteiger partial charge on any atom is 0.339 e. The third-order valence-corrected chi connectivity index (χ3v) is 9.57. The van der Waals surface area contributed by atoms with Crippen LogP contribution in [0.25, 0.3) is 5.57 Å². The fraction of sp³-hybridized carbons (Fsp3) is 0.359. The molecule has 0 bridgehead atoms. The fourth-order valence-electron chi connectivity index (χ4n) is 6.82. The predicted octanol–water partition coefficient (Wildman–Crippen LogP) is 4.38. The lowest BCUT2D eigenvalue weighted by Crippen LogP contribution is -2.62. The molecule has 0 saturated carbocycles. The number of rotatable bonds is 14. The van der Waals surface area contributed by atoms with E-state index in [0.717, 1.165) is 16.7 Å². The third kappa shape index (κ3) is 8.52. The SMILES string of the molecule is CCOc1cc(C(C=O)NC2CCN(C3CC(=O)N(C)C(=O)N3Cc3ccccc3C#N)CC2)cc(C/C=C(\CO)c2ccccc2)c1C(=O)O. The zero-order valence-corrected chi connectivity index (χ0v) is 28.8. The highest BCUT2D eigenvalue weighted by Gasteiger charge is 2.41. The highest BCUT2D eigenvalue weighted by atomic mass is 16.5. The fourth-order valence-corrected chi connectivity index (χ4v) is 6.82. The van der Waals surface area contributed by atoms with Gasteiger partial charge >= 0.3 is 12.0 Å². The highest BCUT2D eigenvalue weighted by Crippen LogP contribution is 2.31. The van der Waals surface area contributed by atoms with Gasteiger partial charge in [0.05, 0.1) is 50.0 Å². The molecule has 0 aromatic heterocycles. The Hall–Kier alpha value is -5.35. The number of carbonyl (C=O) groups excluding carboxylic acids is 3. The van der Waals surface area contributed by atoms with E-state index < -0.39 is 24.2 Å². The number of hydrogen-bond acceptors (Lipinski definition) is 9. The molecule has 3 aromatic carbocycles. The summed E-state index contributed by atoms with van der Waals surface area (Å²) < 4.78 is 5.77. The van der Waals surface area contributed by atoms with Crippen LogP contribution in [0.3, 0.4) is 0 Å². The molecule has 0 aliphatic carbocycles. The number of ether oxygens (including phenoxy) is 1. The minimum Gasteiger partial charge on any atom is -0.493 e. The average Bonchev–Trinajstić information content (AvgIpc) is 3.15. The Labute approximate surface area is 297 Å². The summed E-state index contributed by atoms with van der Waals surface area (Å²) in [6, 6.07) is 20.7. The molecule has 2 fully saturated rings. The molecular weight excluding hydrogens is 650 g/mol. The summed E-state index contributed by atoms with van der Waals surface area (Å²) in [5.41, 5.74) is 3.65. The van der Waals surface area contributed by atoms with Gasteiger partial charge in [0.2, 0.25) is 5.91 Å². The number of piperidine rings is 1. The second-order valence-electron chi connectivity index (χ2n) is 12.7. The largest absolute Gasteiger partial charge is 0.493 e. The first-order valence-corrected chi connectivity index (χ1v) is 17.1. The van der Waals surface area contributed by atoms with Crippen LogP contribution in [-0.2, 0) is 22.6 Å². The molecule has 2 atom stereocenters. The number of carboxylic acid groups (broad SMARTS) is 1. The van der Waals surface area contributed by atoms with Gasteiger partial charge in [-0.3, -0.25) is 14.6 Å². The number of imide groups is 1. The normalized spacial score (nSPS) is 18.0. The number of aldehydes is 1. The van der Waals surface area contributed by atoms with Crippen molar-refractivity contribution in [2.24, 2.45) is 0 Å². The summed E-state index contributed by atoms with van der Waals surface area (Å²) in [5.74, 6) is -1.27. The van der Waals surface area contributed by atoms with E-state index in [4.69, 9.17) is 4.74 Å². The van der Waals surface area contributed by atoms with Crippen LogP contribution in [0.5, 0.6) is 5.75 Å². The van der Waals surface area contributed by atoms with Crippen molar-refractivity contribution in [2.45, 2.75) is 57.4 Å². The van der Waals surface area contributed by atoms with Crippen molar-refractivity contribution in [1.82, 2.24) is 20.0 Å². The second-order valence-corrected chi connectivity index (χ2v) is 12.7. The number of amides is 3. The molecule has 12 nitrogen and oxygen atoms in total. The molecule has 3 N–H and O–H groups in total. The molecule has 2 unspecified atom stereocenters. The van der Waals surface area contributed by atoms with Gasteiger partial charge in [-0.15, -0.1) is 0 Å². The van der Waals surface area contributed by atoms with Crippen LogP contribution in [-0.4, -0.2) is 94.7 Å². The Balaban J connectivity index is 1.34. The van der Waals surface area contributed by atoms with Gasteiger partial charge < -0.3 is 30.0 Å². The van der Waals surface area contributed by atoms with Crippen molar-refractivity contribution >= 4 is 29.8 Å². The second kappa shape index (κ2) is 17.0. The molecular formula is C39H43N5O7. The van der Waals surface area contributed by atoms with E-state index in [1.807, 2.05) is 42.5 Å². The summed E-state index contributed by atoms with van der Waals surface area (Å²) in [7, 11) is 1.47. The van der Waals surface area contributed by atoms with Gasteiger partial charge in [0.1, 0.15) is 17.6 Å². The van der Waals surface area contributed by atoms with E-state index >= 15 is 0 Å². The molecule has 2 aliphatic rings. The number of benzene rings is 3. The lowest BCUT2D eigenvalue weighted by atomic mass is 9.94. The first-order chi connectivity index (χ1) is 24.7. The molecule has 3 aromatic rings. The third-order valence-electron chi connectivity index (χ3n) is 9.57. The Morgan fingerprint density at radius 1 is 1.08 bits per heavy atom. The Morgan fingerprint density at radius 2 is 1.78 bits per heavy atom. The quantitative estimate of drug-likeness (QED) is 0.207. The number of nitrogens with zero attached hydrogens (tertiary/aromatic N) is 4. The smallest absolute Gasteiger partial charge is 0.339 e. The molecule has 2 aliphatic heterocycles. The summed E-state index contributed by atoms with van der Waals surface area (Å²) in [4.78, 5) is 56.1. The lowest BCUT2D eigenvalue weighted by molar-refractivity contribution is -0.135. The van der Waals surface area contributed by atoms with Crippen LogP contribution in [0.1, 0.15) is 70.4 Å².